The minimum Gasteiger partial charge on any atom is -0.482 e. The van der Waals surface area contributed by atoms with Gasteiger partial charge in [0.05, 0.1) is 5.69 Å². The molecule has 26 heavy (non-hydrogen) atoms. The number of piperidine rings is 1. The van der Waals surface area contributed by atoms with Gasteiger partial charge in [-0.05, 0) is 43.2 Å². The summed E-state index contributed by atoms with van der Waals surface area (Å²) >= 11 is 0. The van der Waals surface area contributed by atoms with Gasteiger partial charge in [0, 0.05) is 30.9 Å². The molecule has 2 N–H and O–H groups in total. The molecule has 3 heterocycles. The first kappa shape index (κ1) is 16.3. The smallest absolute Gasteiger partial charge is 0.262 e. The maximum Gasteiger partial charge on any atom is 0.262 e. The molecule has 2 aromatic rings. The molecule has 4 rings (SSSR count). The van der Waals surface area contributed by atoms with Crippen LogP contribution in [-0.4, -0.2) is 47.7 Å². The molecule has 134 valence electrons. The minimum atomic E-state index is -0.190. The Kier molecular flexibility index (Phi) is 4.39. The number of rotatable bonds is 3. The number of nitrogens with one attached hydrogen (secondary N) is 2. The monoisotopic (exact) mass is 353 g/mol. The standard InChI is InChI=1S/C18H19N5O3/c24-17-11-26-15-10-12(3-4-14(15)21-17)18(25)20-13-5-8-23(9-6-13)16-2-1-7-19-22-16/h1-4,7,10,13H,5-6,8-9,11H2,(H,20,25)(H,21,24). The molecule has 8 heteroatoms. The number of hydrogen-bond acceptors (Lipinski definition) is 6. The lowest BCUT2D eigenvalue weighted by Crippen LogP contribution is -2.45. The average molecular weight is 353 g/mol. The number of carbonyl (C=O) groups is 2. The first-order valence-corrected chi connectivity index (χ1v) is 8.59. The minimum absolute atomic E-state index is 0.0289. The van der Waals surface area contributed by atoms with Crippen LogP contribution in [0.3, 0.4) is 0 Å². The molecule has 2 aliphatic heterocycles. The van der Waals surface area contributed by atoms with Crippen LogP contribution >= 0.6 is 0 Å². The number of anilines is 2. The number of hydrogen-bond donors (Lipinski definition) is 2. The fraction of sp³-hybridized carbons (Fsp3) is 0.333. The largest absolute Gasteiger partial charge is 0.482 e. The van der Waals surface area contributed by atoms with Crippen molar-refractivity contribution in [3.8, 4) is 5.75 Å². The third kappa shape index (κ3) is 3.44. The zero-order valence-corrected chi connectivity index (χ0v) is 14.1. The van der Waals surface area contributed by atoms with Crippen molar-refractivity contribution in [1.29, 1.82) is 0 Å². The summed E-state index contributed by atoms with van der Waals surface area (Å²) in [7, 11) is 0. The number of nitrogens with zero attached hydrogens (tertiary/aromatic N) is 3. The van der Waals surface area contributed by atoms with Gasteiger partial charge in [0.15, 0.2) is 12.4 Å². The van der Waals surface area contributed by atoms with Crippen LogP contribution in [-0.2, 0) is 4.79 Å². The van der Waals surface area contributed by atoms with Gasteiger partial charge in [-0.25, -0.2) is 0 Å². The molecular weight excluding hydrogens is 334 g/mol. The Hall–Kier alpha value is -3.16. The van der Waals surface area contributed by atoms with E-state index in [4.69, 9.17) is 4.74 Å². The predicted octanol–water partition coefficient (Wildman–Crippen LogP) is 1.21. The average Bonchev–Trinajstić information content (AvgIpc) is 2.69. The quantitative estimate of drug-likeness (QED) is 0.861. The molecule has 0 atom stereocenters. The van der Waals surface area contributed by atoms with Gasteiger partial charge < -0.3 is 20.3 Å². The van der Waals surface area contributed by atoms with Crippen molar-refractivity contribution in [1.82, 2.24) is 15.5 Å². The molecule has 8 nitrogen and oxygen atoms in total. The number of fused-ring (bicyclic) bond motifs is 1. The molecule has 0 spiro atoms. The van der Waals surface area contributed by atoms with Gasteiger partial charge in [0.1, 0.15) is 5.75 Å². The van der Waals surface area contributed by atoms with Gasteiger partial charge in [-0.3, -0.25) is 9.59 Å². The van der Waals surface area contributed by atoms with Crippen molar-refractivity contribution in [2.45, 2.75) is 18.9 Å². The van der Waals surface area contributed by atoms with Crippen LogP contribution in [0.5, 0.6) is 5.75 Å². The van der Waals surface area contributed by atoms with E-state index in [2.05, 4.69) is 25.7 Å². The molecule has 2 amide bonds. The highest BCUT2D eigenvalue weighted by molar-refractivity contribution is 5.99. The van der Waals surface area contributed by atoms with Crippen LogP contribution in [0.4, 0.5) is 11.5 Å². The van der Waals surface area contributed by atoms with Crippen LogP contribution in [0.15, 0.2) is 36.5 Å². The van der Waals surface area contributed by atoms with Crippen molar-refractivity contribution in [3.63, 3.8) is 0 Å². The third-order valence-electron chi connectivity index (χ3n) is 4.59. The Morgan fingerprint density at radius 3 is 2.88 bits per heavy atom. The van der Waals surface area contributed by atoms with Gasteiger partial charge in [-0.1, -0.05) is 0 Å². The summed E-state index contributed by atoms with van der Waals surface area (Å²) in [6.45, 7) is 1.62. The highest BCUT2D eigenvalue weighted by Crippen LogP contribution is 2.28. The summed E-state index contributed by atoms with van der Waals surface area (Å²) in [6, 6.07) is 8.98. The molecule has 0 saturated carbocycles. The SMILES string of the molecule is O=C1COc2cc(C(=O)NC3CCN(c4cccnn4)CC3)ccc2N1. The maximum atomic E-state index is 12.5. The fourth-order valence-corrected chi connectivity index (χ4v) is 3.20. The van der Waals surface area contributed by atoms with Crippen molar-refractivity contribution < 1.29 is 14.3 Å². The fourth-order valence-electron chi connectivity index (χ4n) is 3.20. The van der Waals surface area contributed by atoms with Gasteiger partial charge >= 0.3 is 0 Å². The lowest BCUT2D eigenvalue weighted by Gasteiger charge is -2.32. The second-order valence-electron chi connectivity index (χ2n) is 6.36. The summed E-state index contributed by atoms with van der Waals surface area (Å²) in [5.41, 5.74) is 1.12. The second kappa shape index (κ2) is 6.99. The van der Waals surface area contributed by atoms with Crippen LogP contribution in [0.25, 0.3) is 0 Å². The molecule has 2 aliphatic rings. The Labute approximate surface area is 150 Å². The Morgan fingerprint density at radius 1 is 1.27 bits per heavy atom. The summed E-state index contributed by atoms with van der Waals surface area (Å²) < 4.78 is 5.37. The molecular formula is C18H19N5O3. The molecule has 1 aromatic heterocycles. The van der Waals surface area contributed by atoms with Crippen LogP contribution in [0, 0.1) is 0 Å². The van der Waals surface area contributed by atoms with Crippen LogP contribution < -0.4 is 20.3 Å². The molecule has 1 aromatic carbocycles. The van der Waals surface area contributed by atoms with Gasteiger partial charge in [0.25, 0.3) is 11.8 Å². The zero-order chi connectivity index (χ0) is 17.9. The molecule has 0 bridgehead atoms. The first-order valence-electron chi connectivity index (χ1n) is 8.59. The molecule has 0 radical (unpaired) electrons. The normalized spacial score (nSPS) is 17.1. The van der Waals surface area contributed by atoms with Gasteiger partial charge in [-0.2, -0.15) is 5.10 Å². The van der Waals surface area contributed by atoms with E-state index in [-0.39, 0.29) is 24.5 Å². The van der Waals surface area contributed by atoms with E-state index in [9.17, 15) is 9.59 Å². The number of carbonyl (C=O) groups excluding carboxylic acids is 2. The van der Waals surface area contributed by atoms with E-state index in [1.54, 1.807) is 24.4 Å². The van der Waals surface area contributed by atoms with Crippen molar-refractivity contribution in [2.75, 3.05) is 29.9 Å². The second-order valence-corrected chi connectivity index (χ2v) is 6.36. The van der Waals surface area contributed by atoms with Gasteiger partial charge in [0.2, 0.25) is 0 Å². The number of benzene rings is 1. The highest BCUT2D eigenvalue weighted by Gasteiger charge is 2.23. The third-order valence-corrected chi connectivity index (χ3v) is 4.59. The molecule has 0 unspecified atom stereocenters. The van der Waals surface area contributed by atoms with Crippen molar-refractivity contribution in [2.24, 2.45) is 0 Å². The topological polar surface area (TPSA) is 96.5 Å². The Morgan fingerprint density at radius 2 is 2.12 bits per heavy atom. The zero-order valence-electron chi connectivity index (χ0n) is 14.1. The summed E-state index contributed by atoms with van der Waals surface area (Å²) in [5, 5.41) is 13.8. The van der Waals surface area contributed by atoms with E-state index < -0.39 is 0 Å². The highest BCUT2D eigenvalue weighted by atomic mass is 16.5. The van der Waals surface area contributed by atoms with E-state index in [1.165, 1.54) is 0 Å². The Balaban J connectivity index is 1.35. The predicted molar refractivity (Wildman–Crippen MR) is 95.3 cm³/mol. The lowest BCUT2D eigenvalue weighted by atomic mass is 10.0. The number of ether oxygens (including phenoxy) is 1. The molecule has 1 fully saturated rings. The summed E-state index contributed by atoms with van der Waals surface area (Å²) in [4.78, 5) is 26.0. The van der Waals surface area contributed by atoms with E-state index in [0.717, 1.165) is 31.7 Å². The van der Waals surface area contributed by atoms with Crippen LogP contribution in [0.2, 0.25) is 0 Å². The molecule has 1 saturated heterocycles. The first-order chi connectivity index (χ1) is 12.7. The number of aromatic nitrogens is 2. The summed E-state index contributed by atoms with van der Waals surface area (Å²) in [6.07, 6.45) is 3.35. The van der Waals surface area contributed by atoms with Gasteiger partial charge in [-0.15, -0.1) is 5.10 Å². The maximum absolute atomic E-state index is 12.5. The van der Waals surface area contributed by atoms with E-state index >= 15 is 0 Å². The molecule has 0 aliphatic carbocycles. The van der Waals surface area contributed by atoms with Crippen LogP contribution in [0.1, 0.15) is 23.2 Å². The van der Waals surface area contributed by atoms with E-state index in [1.807, 2.05) is 12.1 Å². The Bertz CT molecular complexity index is 819. The summed E-state index contributed by atoms with van der Waals surface area (Å²) in [5.74, 6) is 1.07. The van der Waals surface area contributed by atoms with E-state index in [0.29, 0.717) is 17.0 Å². The van der Waals surface area contributed by atoms with Crippen molar-refractivity contribution in [3.05, 3.63) is 42.1 Å². The number of amides is 2. The van der Waals surface area contributed by atoms with Crippen molar-refractivity contribution >= 4 is 23.3 Å². The lowest BCUT2D eigenvalue weighted by molar-refractivity contribution is -0.118.